The molecule has 1 aromatic heterocycles. The highest BCUT2D eigenvalue weighted by atomic mass is 32.1. The van der Waals surface area contributed by atoms with Gasteiger partial charge in [0.05, 0.1) is 24.8 Å². The van der Waals surface area contributed by atoms with Crippen LogP contribution in [0.4, 0.5) is 5.69 Å². The van der Waals surface area contributed by atoms with Crippen LogP contribution in [0, 0.1) is 0 Å². The summed E-state index contributed by atoms with van der Waals surface area (Å²) in [6, 6.07) is 15.1. The number of hydrogen-bond acceptors (Lipinski definition) is 8. The maximum atomic E-state index is 13.1. The molecule has 2 aromatic carbocycles. The molecule has 5 rings (SSSR count). The minimum Gasteiger partial charge on any atom is -0.488 e. The summed E-state index contributed by atoms with van der Waals surface area (Å²) in [5, 5.41) is 12.9. The van der Waals surface area contributed by atoms with Crippen molar-refractivity contribution in [1.82, 2.24) is 20.0 Å². The largest absolute Gasteiger partial charge is 0.488 e. The number of Topliss-reactive ketones (excluding diaryl/α,β-unsaturated/α-hetero) is 1. The van der Waals surface area contributed by atoms with Crippen molar-refractivity contribution < 1.29 is 14.3 Å². The Labute approximate surface area is 208 Å². The first kappa shape index (κ1) is 23.6. The van der Waals surface area contributed by atoms with E-state index in [1.807, 2.05) is 30.3 Å². The number of hydrogen-bond donors (Lipinski definition) is 1. The second-order valence-electron chi connectivity index (χ2n) is 9.12. The first-order chi connectivity index (χ1) is 17.0. The molecule has 3 aromatic rings. The molecule has 1 aliphatic heterocycles. The minimum absolute atomic E-state index is 0.0756. The van der Waals surface area contributed by atoms with Crippen LogP contribution in [0.5, 0.6) is 5.75 Å². The van der Waals surface area contributed by atoms with E-state index in [9.17, 15) is 9.59 Å². The summed E-state index contributed by atoms with van der Waals surface area (Å²) in [5.74, 6) is 0.433. The molecule has 2 heterocycles. The van der Waals surface area contributed by atoms with E-state index in [1.54, 1.807) is 18.2 Å². The Balaban J connectivity index is 1.27. The minimum atomic E-state index is -0.101. The van der Waals surface area contributed by atoms with Crippen molar-refractivity contribution >= 4 is 28.7 Å². The van der Waals surface area contributed by atoms with Crippen LogP contribution >= 0.6 is 11.3 Å². The van der Waals surface area contributed by atoms with Gasteiger partial charge in [-0.15, -0.1) is 10.2 Å². The number of benzene rings is 2. The van der Waals surface area contributed by atoms with Gasteiger partial charge in [-0.05, 0) is 38.1 Å². The Morgan fingerprint density at radius 1 is 1.06 bits per heavy atom. The summed E-state index contributed by atoms with van der Waals surface area (Å²) < 4.78 is 6.00. The lowest BCUT2D eigenvalue weighted by molar-refractivity contribution is -0.117. The van der Waals surface area contributed by atoms with Crippen LogP contribution in [0.15, 0.2) is 48.5 Å². The number of ketones is 1. The molecule has 1 N–H and O–H groups in total. The van der Waals surface area contributed by atoms with Crippen molar-refractivity contribution in [2.75, 3.05) is 45.1 Å². The summed E-state index contributed by atoms with van der Waals surface area (Å²) in [4.78, 5) is 30.3. The van der Waals surface area contributed by atoms with Gasteiger partial charge in [0, 0.05) is 37.3 Å². The molecular weight excluding hydrogens is 462 g/mol. The fourth-order valence-electron chi connectivity index (χ4n) is 3.93. The summed E-state index contributed by atoms with van der Waals surface area (Å²) in [5.41, 5.74) is 2.04. The lowest BCUT2D eigenvalue weighted by atomic mass is 10.1. The molecule has 2 aliphatic rings. The fraction of sp³-hybridized carbons (Fsp3) is 0.385. The molecule has 1 aliphatic carbocycles. The third-order valence-corrected chi connectivity index (χ3v) is 7.13. The van der Waals surface area contributed by atoms with E-state index in [4.69, 9.17) is 4.74 Å². The van der Waals surface area contributed by atoms with Crippen LogP contribution in [0.2, 0.25) is 0 Å². The van der Waals surface area contributed by atoms with E-state index in [2.05, 4.69) is 32.4 Å². The average Bonchev–Trinajstić information content (AvgIpc) is 3.56. The molecular formula is C26H29N5O3S. The zero-order valence-electron chi connectivity index (χ0n) is 19.8. The molecule has 182 valence electrons. The van der Waals surface area contributed by atoms with Gasteiger partial charge in [-0.2, -0.15) is 0 Å². The molecule has 0 spiro atoms. The van der Waals surface area contributed by atoms with E-state index in [0.29, 0.717) is 28.6 Å². The molecule has 1 saturated heterocycles. The van der Waals surface area contributed by atoms with Crippen LogP contribution in [0.25, 0.3) is 10.6 Å². The number of anilines is 1. The van der Waals surface area contributed by atoms with E-state index >= 15 is 0 Å². The Kier molecular flexibility index (Phi) is 7.17. The smallest absolute Gasteiger partial charge is 0.238 e. The number of nitrogens with one attached hydrogen (secondary N) is 1. The van der Waals surface area contributed by atoms with Crippen LogP contribution in [-0.2, 0) is 11.2 Å². The normalized spacial score (nSPS) is 16.7. The van der Waals surface area contributed by atoms with Crippen LogP contribution in [0.3, 0.4) is 0 Å². The van der Waals surface area contributed by atoms with Crippen molar-refractivity contribution in [3.63, 3.8) is 0 Å². The van der Waals surface area contributed by atoms with E-state index in [1.165, 1.54) is 11.3 Å². The zero-order valence-corrected chi connectivity index (χ0v) is 20.6. The highest BCUT2D eigenvalue weighted by Crippen LogP contribution is 2.33. The fourth-order valence-corrected chi connectivity index (χ4v) is 4.77. The number of rotatable bonds is 9. The first-order valence-electron chi connectivity index (χ1n) is 12.0. The molecule has 8 nitrogen and oxygen atoms in total. The van der Waals surface area contributed by atoms with E-state index in [-0.39, 0.29) is 24.2 Å². The Hall–Kier alpha value is -3.14. The molecule has 9 heteroatoms. The second kappa shape index (κ2) is 10.6. The van der Waals surface area contributed by atoms with E-state index < -0.39 is 0 Å². The van der Waals surface area contributed by atoms with Gasteiger partial charge >= 0.3 is 0 Å². The summed E-state index contributed by atoms with van der Waals surface area (Å²) in [6.45, 7) is 3.94. The number of carbonyl (C=O) groups is 2. The first-order valence-corrected chi connectivity index (χ1v) is 12.8. The summed E-state index contributed by atoms with van der Waals surface area (Å²) in [7, 11) is 2.09. The number of ether oxygens (including phenoxy) is 1. The number of aromatic nitrogens is 2. The predicted octanol–water partition coefficient (Wildman–Crippen LogP) is 3.36. The second-order valence-corrected chi connectivity index (χ2v) is 10.2. The highest BCUT2D eigenvalue weighted by Gasteiger charge is 2.26. The molecule has 2 fully saturated rings. The molecule has 1 amide bonds. The number of piperazine rings is 1. The SMILES string of the molecule is CN1CCN(CC(=O)Nc2cc(C(=O)Cc3nnc(-c4ccccc4)s3)ccc2OC2CC2)CC1. The topological polar surface area (TPSA) is 87.7 Å². The number of amides is 1. The van der Waals surface area contributed by atoms with E-state index in [0.717, 1.165) is 49.6 Å². The molecule has 0 radical (unpaired) electrons. The number of likely N-dealkylation sites (N-methyl/N-ethyl adjacent to an activating group) is 1. The summed E-state index contributed by atoms with van der Waals surface area (Å²) in [6.07, 6.45) is 2.36. The third kappa shape index (κ3) is 6.30. The lowest BCUT2D eigenvalue weighted by Gasteiger charge is -2.31. The van der Waals surface area contributed by atoms with Gasteiger partial charge in [-0.3, -0.25) is 14.5 Å². The van der Waals surface area contributed by atoms with Crippen LogP contribution in [0.1, 0.15) is 28.2 Å². The maximum absolute atomic E-state index is 13.1. The van der Waals surface area contributed by atoms with Gasteiger partial charge < -0.3 is 15.0 Å². The van der Waals surface area contributed by atoms with Gasteiger partial charge in [0.2, 0.25) is 5.91 Å². The van der Waals surface area contributed by atoms with Gasteiger partial charge in [0.1, 0.15) is 15.8 Å². The molecule has 35 heavy (non-hydrogen) atoms. The quantitative estimate of drug-likeness (QED) is 0.459. The molecule has 0 bridgehead atoms. The highest BCUT2D eigenvalue weighted by molar-refractivity contribution is 7.14. The third-order valence-electron chi connectivity index (χ3n) is 6.16. The van der Waals surface area contributed by atoms with Gasteiger partial charge in [0.25, 0.3) is 0 Å². The average molecular weight is 492 g/mol. The van der Waals surface area contributed by atoms with Crippen LogP contribution < -0.4 is 10.1 Å². The van der Waals surface area contributed by atoms with Crippen molar-refractivity contribution in [3.8, 4) is 16.3 Å². The Bertz CT molecular complexity index is 1190. The summed E-state index contributed by atoms with van der Waals surface area (Å²) >= 11 is 1.42. The van der Waals surface area contributed by atoms with Crippen molar-refractivity contribution in [2.45, 2.75) is 25.4 Å². The number of nitrogens with zero attached hydrogens (tertiary/aromatic N) is 4. The van der Waals surface area contributed by atoms with Gasteiger partial charge in [-0.1, -0.05) is 41.7 Å². The van der Waals surface area contributed by atoms with Crippen molar-refractivity contribution in [2.24, 2.45) is 0 Å². The predicted molar refractivity (Wildman–Crippen MR) is 136 cm³/mol. The van der Waals surface area contributed by atoms with Crippen molar-refractivity contribution in [3.05, 3.63) is 59.1 Å². The lowest BCUT2D eigenvalue weighted by Crippen LogP contribution is -2.47. The molecule has 0 atom stereocenters. The monoisotopic (exact) mass is 491 g/mol. The molecule has 1 saturated carbocycles. The maximum Gasteiger partial charge on any atom is 0.238 e. The standard InChI is InChI=1S/C26H29N5O3S/c1-30-11-13-31(14-12-30)17-24(33)27-21-15-19(7-10-23(21)34-20-8-9-20)22(32)16-25-28-29-26(35-25)18-5-3-2-4-6-18/h2-7,10,15,20H,8-9,11-14,16-17H2,1H3,(H,27,33). The zero-order chi connectivity index (χ0) is 24.2. The van der Waals surface area contributed by atoms with Crippen molar-refractivity contribution in [1.29, 1.82) is 0 Å². The van der Waals surface area contributed by atoms with Gasteiger partial charge in [0.15, 0.2) is 5.78 Å². The number of carbonyl (C=O) groups excluding carboxylic acids is 2. The van der Waals surface area contributed by atoms with Gasteiger partial charge in [-0.25, -0.2) is 0 Å². The molecule has 0 unspecified atom stereocenters. The Morgan fingerprint density at radius 2 is 1.83 bits per heavy atom. The van der Waals surface area contributed by atoms with Crippen LogP contribution in [-0.4, -0.2) is 77.6 Å². The Morgan fingerprint density at radius 3 is 2.57 bits per heavy atom.